The van der Waals surface area contributed by atoms with E-state index in [0.29, 0.717) is 5.78 Å². The maximum atomic E-state index is 11.7. The number of hydrogen-bond donors (Lipinski definition) is 0. The van der Waals surface area contributed by atoms with Crippen molar-refractivity contribution >= 4 is 11.9 Å². The number of ketones is 1. The molecule has 0 amide bonds. The van der Waals surface area contributed by atoms with Crippen LogP contribution in [-0.4, -0.2) is 5.78 Å². The van der Waals surface area contributed by atoms with Crippen LogP contribution in [0.4, 0.5) is 0 Å². The van der Waals surface area contributed by atoms with Crippen molar-refractivity contribution in [2.24, 2.45) is 5.41 Å². The van der Waals surface area contributed by atoms with E-state index in [0.717, 1.165) is 12.8 Å². The number of rotatable bonds is 3. The van der Waals surface area contributed by atoms with Gasteiger partial charge < -0.3 is 0 Å². The number of carbonyl (C=O) groups is 1. The summed E-state index contributed by atoms with van der Waals surface area (Å²) in [4.78, 5) is 11.7. The quantitative estimate of drug-likeness (QED) is 0.747. The molecule has 0 aromatic heterocycles. The Kier molecular flexibility index (Phi) is 3.23. The van der Waals surface area contributed by atoms with E-state index in [9.17, 15) is 4.79 Å². The molecule has 0 atom stereocenters. The smallest absolute Gasteiger partial charge is 0.139 e. The van der Waals surface area contributed by atoms with Gasteiger partial charge in [-0.1, -0.05) is 55.3 Å². The first kappa shape index (κ1) is 11.1. The number of benzene rings is 1. The molecular formula is C15H18O. The molecule has 0 spiro atoms. The van der Waals surface area contributed by atoms with Crippen molar-refractivity contribution in [3.8, 4) is 0 Å². The van der Waals surface area contributed by atoms with Gasteiger partial charge in [0.25, 0.3) is 0 Å². The Morgan fingerprint density at radius 3 is 2.38 bits per heavy atom. The van der Waals surface area contributed by atoms with Crippen molar-refractivity contribution in [1.82, 2.24) is 0 Å². The van der Waals surface area contributed by atoms with Gasteiger partial charge >= 0.3 is 0 Å². The van der Waals surface area contributed by atoms with Crippen LogP contribution in [0.15, 0.2) is 36.4 Å². The zero-order chi connectivity index (χ0) is 11.4. The summed E-state index contributed by atoms with van der Waals surface area (Å²) in [6.07, 6.45) is 8.61. The van der Waals surface area contributed by atoms with E-state index >= 15 is 0 Å². The van der Waals surface area contributed by atoms with E-state index in [1.165, 1.54) is 18.4 Å². The third kappa shape index (κ3) is 2.24. The lowest BCUT2D eigenvalue weighted by molar-refractivity contribution is -0.123. The molecule has 0 radical (unpaired) electrons. The molecule has 1 nitrogen and oxygen atoms in total. The third-order valence-corrected chi connectivity index (χ3v) is 3.59. The van der Waals surface area contributed by atoms with Crippen LogP contribution < -0.4 is 0 Å². The topological polar surface area (TPSA) is 17.1 Å². The van der Waals surface area contributed by atoms with E-state index in [-0.39, 0.29) is 5.41 Å². The Hall–Kier alpha value is -1.37. The maximum absolute atomic E-state index is 11.7. The predicted octanol–water partition coefficient (Wildman–Crippen LogP) is 3.85. The van der Waals surface area contributed by atoms with Crippen LogP contribution in [-0.2, 0) is 4.79 Å². The van der Waals surface area contributed by atoms with Gasteiger partial charge in [-0.15, -0.1) is 0 Å². The first-order chi connectivity index (χ1) is 7.73. The Labute approximate surface area is 97.2 Å². The molecule has 1 aromatic rings. The minimum Gasteiger partial charge on any atom is -0.299 e. The second-order valence-corrected chi connectivity index (χ2v) is 4.66. The zero-order valence-corrected chi connectivity index (χ0v) is 9.78. The second kappa shape index (κ2) is 4.65. The lowest BCUT2D eigenvalue weighted by Crippen LogP contribution is -2.22. The first-order valence-electron chi connectivity index (χ1n) is 5.98. The fourth-order valence-corrected chi connectivity index (χ4v) is 2.46. The van der Waals surface area contributed by atoms with Gasteiger partial charge in [0.1, 0.15) is 5.78 Å². The Balaban J connectivity index is 2.18. The molecule has 1 saturated carbocycles. The van der Waals surface area contributed by atoms with Crippen LogP contribution >= 0.6 is 0 Å². The number of allylic oxidation sites excluding steroid dienone is 1. The van der Waals surface area contributed by atoms with Crippen molar-refractivity contribution in [2.45, 2.75) is 32.6 Å². The third-order valence-electron chi connectivity index (χ3n) is 3.59. The van der Waals surface area contributed by atoms with Crippen molar-refractivity contribution < 1.29 is 4.79 Å². The van der Waals surface area contributed by atoms with Gasteiger partial charge in [0, 0.05) is 5.41 Å². The number of carbonyl (C=O) groups excluding carboxylic acids is 1. The highest BCUT2D eigenvalue weighted by Crippen LogP contribution is 2.40. The molecule has 1 aliphatic carbocycles. The van der Waals surface area contributed by atoms with Gasteiger partial charge in [-0.2, -0.15) is 0 Å². The van der Waals surface area contributed by atoms with Crippen LogP contribution in [0, 0.1) is 5.41 Å². The van der Waals surface area contributed by atoms with E-state index in [1.54, 1.807) is 6.92 Å². The van der Waals surface area contributed by atoms with Crippen molar-refractivity contribution in [2.75, 3.05) is 0 Å². The summed E-state index contributed by atoms with van der Waals surface area (Å²) < 4.78 is 0. The zero-order valence-electron chi connectivity index (χ0n) is 9.78. The fourth-order valence-electron chi connectivity index (χ4n) is 2.46. The van der Waals surface area contributed by atoms with E-state index in [1.807, 2.05) is 18.2 Å². The summed E-state index contributed by atoms with van der Waals surface area (Å²) in [6, 6.07) is 10.2. The largest absolute Gasteiger partial charge is 0.299 e. The van der Waals surface area contributed by atoms with Crippen molar-refractivity contribution in [3.63, 3.8) is 0 Å². The molecule has 0 unspecified atom stereocenters. The summed E-state index contributed by atoms with van der Waals surface area (Å²) in [5.74, 6) is 0.317. The first-order valence-corrected chi connectivity index (χ1v) is 5.98. The molecule has 2 rings (SSSR count). The molecule has 1 heteroatoms. The minimum atomic E-state index is -0.171. The van der Waals surface area contributed by atoms with Gasteiger partial charge in [0.2, 0.25) is 0 Å². The normalized spacial score (nSPS) is 19.1. The van der Waals surface area contributed by atoms with Crippen LogP contribution in [0.5, 0.6) is 0 Å². The minimum absolute atomic E-state index is 0.171. The van der Waals surface area contributed by atoms with Crippen molar-refractivity contribution in [1.29, 1.82) is 0 Å². The van der Waals surface area contributed by atoms with E-state index < -0.39 is 0 Å². The van der Waals surface area contributed by atoms with E-state index in [4.69, 9.17) is 0 Å². The van der Waals surface area contributed by atoms with Crippen LogP contribution in [0.1, 0.15) is 38.2 Å². The molecule has 0 heterocycles. The van der Waals surface area contributed by atoms with Gasteiger partial charge in [0.05, 0.1) is 0 Å². The monoisotopic (exact) mass is 214 g/mol. The molecule has 16 heavy (non-hydrogen) atoms. The summed E-state index contributed by atoms with van der Waals surface area (Å²) in [6.45, 7) is 1.72. The fraction of sp³-hybridized carbons (Fsp3) is 0.400. The summed E-state index contributed by atoms with van der Waals surface area (Å²) >= 11 is 0. The van der Waals surface area contributed by atoms with Gasteiger partial charge in [0.15, 0.2) is 0 Å². The molecule has 0 aliphatic heterocycles. The van der Waals surface area contributed by atoms with Crippen LogP contribution in [0.25, 0.3) is 6.08 Å². The molecule has 1 fully saturated rings. The highest BCUT2D eigenvalue weighted by atomic mass is 16.1. The lowest BCUT2D eigenvalue weighted by Gasteiger charge is -2.20. The summed E-state index contributed by atoms with van der Waals surface area (Å²) in [5, 5.41) is 0. The highest BCUT2D eigenvalue weighted by Gasteiger charge is 2.35. The van der Waals surface area contributed by atoms with Gasteiger partial charge in [-0.25, -0.2) is 0 Å². The number of Topliss-reactive ketones (excluding diaryl/α,β-unsaturated/α-hetero) is 1. The van der Waals surface area contributed by atoms with E-state index in [2.05, 4.69) is 24.3 Å². The molecule has 84 valence electrons. The lowest BCUT2D eigenvalue weighted by atomic mass is 9.81. The second-order valence-electron chi connectivity index (χ2n) is 4.66. The maximum Gasteiger partial charge on any atom is 0.139 e. The Morgan fingerprint density at radius 1 is 1.19 bits per heavy atom. The molecular weight excluding hydrogens is 196 g/mol. The molecule has 0 N–H and O–H groups in total. The van der Waals surface area contributed by atoms with Gasteiger partial charge in [-0.3, -0.25) is 4.79 Å². The van der Waals surface area contributed by atoms with Crippen LogP contribution in [0.2, 0.25) is 0 Å². The average Bonchev–Trinajstić information content (AvgIpc) is 2.78. The van der Waals surface area contributed by atoms with Crippen molar-refractivity contribution in [3.05, 3.63) is 42.0 Å². The SMILES string of the molecule is CC(=O)C1(/C=C/c2ccccc2)CCCC1. The van der Waals surface area contributed by atoms with Gasteiger partial charge in [-0.05, 0) is 25.3 Å². The molecule has 0 saturated heterocycles. The molecule has 1 aliphatic rings. The Bertz CT molecular complexity index is 383. The summed E-state index contributed by atoms with van der Waals surface area (Å²) in [5.41, 5.74) is 1.01. The average molecular weight is 214 g/mol. The standard InChI is InChI=1S/C15H18O/c1-13(16)15(10-5-6-11-15)12-9-14-7-3-2-4-8-14/h2-4,7-9,12H,5-6,10-11H2,1H3/b12-9+. The Morgan fingerprint density at radius 2 is 1.81 bits per heavy atom. The highest BCUT2D eigenvalue weighted by molar-refractivity contribution is 5.85. The summed E-state index contributed by atoms with van der Waals surface area (Å²) in [7, 11) is 0. The molecule has 0 bridgehead atoms. The number of hydrogen-bond acceptors (Lipinski definition) is 1. The molecule has 1 aromatic carbocycles. The van der Waals surface area contributed by atoms with Crippen LogP contribution in [0.3, 0.4) is 0 Å². The predicted molar refractivity (Wildman–Crippen MR) is 67.1 cm³/mol.